The van der Waals surface area contributed by atoms with E-state index in [0.29, 0.717) is 11.9 Å². The summed E-state index contributed by atoms with van der Waals surface area (Å²) in [6.45, 7) is 8.75. The van der Waals surface area contributed by atoms with Crippen LogP contribution in [0.2, 0.25) is 0 Å². The fourth-order valence-electron chi connectivity index (χ4n) is 3.80. The first kappa shape index (κ1) is 18.9. The molecule has 1 N–H and O–H groups in total. The molecule has 0 unspecified atom stereocenters. The van der Waals surface area contributed by atoms with Gasteiger partial charge in [0, 0.05) is 53.3 Å². The Morgan fingerprint density at radius 2 is 2.00 bits per heavy atom. The van der Waals surface area contributed by atoms with Crippen molar-refractivity contribution in [2.24, 2.45) is 4.99 Å². The van der Waals surface area contributed by atoms with Crippen LogP contribution in [0.15, 0.2) is 81.9 Å². The van der Waals surface area contributed by atoms with E-state index in [1.165, 1.54) is 12.1 Å². The number of aromatic nitrogens is 1. The number of pyridine rings is 1. The van der Waals surface area contributed by atoms with E-state index >= 15 is 0 Å². The number of hydrogen-bond donors (Lipinski definition) is 1. The number of nitrogens with zero attached hydrogens (tertiary/aromatic N) is 2. The van der Waals surface area contributed by atoms with Crippen molar-refractivity contribution in [1.82, 2.24) is 4.98 Å². The average molecular weight is 387 g/mol. The fourth-order valence-corrected chi connectivity index (χ4v) is 3.80. The molecule has 0 spiro atoms. The van der Waals surface area contributed by atoms with Crippen molar-refractivity contribution in [3.63, 3.8) is 0 Å². The molecule has 0 aliphatic carbocycles. The third kappa shape index (κ3) is 3.51. The minimum atomic E-state index is -0.439. The SMILES string of the molecule is C=C(C1=C(C)N=CC1)N(Cc1cc(=O)[nH]c2c(F)cccc12)c1ccccc1C. The Morgan fingerprint density at radius 3 is 2.72 bits per heavy atom. The monoisotopic (exact) mass is 387 g/mol. The number of rotatable bonds is 5. The number of aromatic amines is 1. The normalized spacial score (nSPS) is 13.3. The van der Waals surface area contributed by atoms with Gasteiger partial charge in [0.05, 0.1) is 5.52 Å². The Labute approximate surface area is 168 Å². The number of aryl methyl sites for hydroxylation is 1. The van der Waals surface area contributed by atoms with Crippen molar-refractivity contribution in [1.29, 1.82) is 0 Å². The van der Waals surface area contributed by atoms with Crippen LogP contribution in [0.25, 0.3) is 10.9 Å². The van der Waals surface area contributed by atoms with E-state index in [9.17, 15) is 9.18 Å². The molecule has 0 saturated heterocycles. The average Bonchev–Trinajstić information content (AvgIpc) is 3.13. The van der Waals surface area contributed by atoms with E-state index in [1.54, 1.807) is 6.07 Å². The summed E-state index contributed by atoms with van der Waals surface area (Å²) in [5.41, 5.74) is 5.56. The molecule has 0 atom stereocenters. The Morgan fingerprint density at radius 1 is 1.21 bits per heavy atom. The summed E-state index contributed by atoms with van der Waals surface area (Å²) in [6.07, 6.45) is 2.60. The molecule has 0 fully saturated rings. The summed E-state index contributed by atoms with van der Waals surface area (Å²) < 4.78 is 14.3. The van der Waals surface area contributed by atoms with E-state index < -0.39 is 5.82 Å². The highest BCUT2D eigenvalue weighted by Gasteiger charge is 2.21. The number of allylic oxidation sites excluding steroid dienone is 2. The van der Waals surface area contributed by atoms with E-state index in [1.807, 2.05) is 50.4 Å². The maximum atomic E-state index is 14.3. The van der Waals surface area contributed by atoms with Crippen LogP contribution in [0.4, 0.5) is 10.1 Å². The Kier molecular flexibility index (Phi) is 4.89. The lowest BCUT2D eigenvalue weighted by molar-refractivity contribution is 0.636. The molecule has 1 aliphatic heterocycles. The molecule has 0 radical (unpaired) electrons. The maximum absolute atomic E-state index is 14.3. The number of para-hydroxylation sites is 2. The van der Waals surface area contributed by atoms with Gasteiger partial charge in [-0.3, -0.25) is 9.79 Å². The standard InChI is InChI=1S/C24H22FN3O/c1-15-7-4-5-10-22(15)28(17(3)19-11-12-26-16(19)2)14-18-13-23(29)27-24-20(18)8-6-9-21(24)25/h4-10,12-13H,3,11,14H2,1-2H3,(H,27,29). The van der Waals surface area contributed by atoms with Gasteiger partial charge in [-0.1, -0.05) is 36.9 Å². The van der Waals surface area contributed by atoms with Crippen LogP contribution < -0.4 is 10.5 Å². The second-order valence-electron chi connectivity index (χ2n) is 7.22. The highest BCUT2D eigenvalue weighted by Crippen LogP contribution is 2.33. The lowest BCUT2D eigenvalue weighted by atomic mass is 10.0. The molecular weight excluding hydrogens is 365 g/mol. The van der Waals surface area contributed by atoms with Crippen LogP contribution in [-0.2, 0) is 6.54 Å². The van der Waals surface area contributed by atoms with Gasteiger partial charge < -0.3 is 9.88 Å². The van der Waals surface area contributed by atoms with Crippen LogP contribution >= 0.6 is 0 Å². The number of halogens is 1. The number of aliphatic imine (C=N–C) groups is 1. The number of nitrogens with one attached hydrogen (secondary N) is 1. The molecule has 2 aromatic carbocycles. The van der Waals surface area contributed by atoms with E-state index in [-0.39, 0.29) is 11.1 Å². The zero-order chi connectivity index (χ0) is 20.5. The van der Waals surface area contributed by atoms with Crippen molar-refractivity contribution in [2.75, 3.05) is 4.90 Å². The fraction of sp³-hybridized carbons (Fsp3) is 0.167. The Bertz CT molecular complexity index is 1240. The third-order valence-electron chi connectivity index (χ3n) is 5.34. The number of fused-ring (bicyclic) bond motifs is 1. The topological polar surface area (TPSA) is 48.5 Å². The summed E-state index contributed by atoms with van der Waals surface area (Å²) in [4.78, 5) is 21.3. The molecule has 4 rings (SSSR count). The van der Waals surface area contributed by atoms with Gasteiger partial charge in [-0.25, -0.2) is 4.39 Å². The van der Waals surface area contributed by atoms with E-state index in [4.69, 9.17) is 0 Å². The van der Waals surface area contributed by atoms with Gasteiger partial charge in [0.2, 0.25) is 5.56 Å². The Balaban J connectivity index is 1.86. The van der Waals surface area contributed by atoms with Gasteiger partial charge in [-0.2, -0.15) is 0 Å². The molecule has 29 heavy (non-hydrogen) atoms. The zero-order valence-electron chi connectivity index (χ0n) is 16.5. The van der Waals surface area contributed by atoms with Gasteiger partial charge >= 0.3 is 0 Å². The van der Waals surface area contributed by atoms with Crippen molar-refractivity contribution in [3.05, 3.63) is 99.4 Å². The lowest BCUT2D eigenvalue weighted by Crippen LogP contribution is -2.25. The second kappa shape index (κ2) is 7.51. The van der Waals surface area contributed by atoms with Gasteiger partial charge in [0.1, 0.15) is 5.82 Å². The number of anilines is 1. The van der Waals surface area contributed by atoms with Gasteiger partial charge in [-0.05, 0) is 37.1 Å². The smallest absolute Gasteiger partial charge is 0.248 e. The van der Waals surface area contributed by atoms with Crippen LogP contribution in [0, 0.1) is 12.7 Å². The molecule has 0 saturated carbocycles. The first-order chi connectivity index (χ1) is 14.0. The predicted molar refractivity (Wildman–Crippen MR) is 117 cm³/mol. The van der Waals surface area contributed by atoms with Crippen molar-refractivity contribution < 1.29 is 4.39 Å². The summed E-state index contributed by atoms with van der Waals surface area (Å²) in [6, 6.07) is 14.4. The van der Waals surface area contributed by atoms with Crippen LogP contribution in [0.3, 0.4) is 0 Å². The summed E-state index contributed by atoms with van der Waals surface area (Å²) in [7, 11) is 0. The molecule has 3 aromatic rings. The van der Waals surface area contributed by atoms with Crippen molar-refractivity contribution in [3.8, 4) is 0 Å². The van der Waals surface area contributed by atoms with Crippen molar-refractivity contribution >= 4 is 22.8 Å². The van der Waals surface area contributed by atoms with Crippen LogP contribution in [0.1, 0.15) is 24.5 Å². The first-order valence-electron chi connectivity index (χ1n) is 9.51. The highest BCUT2D eigenvalue weighted by molar-refractivity contribution is 5.83. The summed E-state index contributed by atoms with van der Waals surface area (Å²) in [5.74, 6) is -0.439. The highest BCUT2D eigenvalue weighted by atomic mass is 19.1. The lowest BCUT2D eigenvalue weighted by Gasteiger charge is -2.30. The Hall–Kier alpha value is -3.47. The van der Waals surface area contributed by atoms with Gasteiger partial charge in [0.25, 0.3) is 0 Å². The molecule has 1 aromatic heterocycles. The van der Waals surface area contributed by atoms with Crippen LogP contribution in [-0.4, -0.2) is 11.2 Å². The molecule has 2 heterocycles. The summed E-state index contributed by atoms with van der Waals surface area (Å²) in [5, 5.41) is 0.685. The van der Waals surface area contributed by atoms with Crippen LogP contribution in [0.5, 0.6) is 0 Å². The first-order valence-corrected chi connectivity index (χ1v) is 9.51. The number of hydrogen-bond acceptors (Lipinski definition) is 3. The quantitative estimate of drug-likeness (QED) is 0.650. The second-order valence-corrected chi connectivity index (χ2v) is 7.22. The van der Waals surface area contributed by atoms with Gasteiger partial charge in [-0.15, -0.1) is 0 Å². The maximum Gasteiger partial charge on any atom is 0.248 e. The molecular formula is C24H22FN3O. The molecule has 146 valence electrons. The number of benzene rings is 2. The molecule has 4 nitrogen and oxygen atoms in total. The minimum Gasteiger partial charge on any atom is -0.337 e. The van der Waals surface area contributed by atoms with E-state index in [0.717, 1.165) is 40.2 Å². The molecule has 0 bridgehead atoms. The van der Waals surface area contributed by atoms with Gasteiger partial charge in [0.15, 0.2) is 0 Å². The molecule has 1 aliphatic rings. The minimum absolute atomic E-state index is 0.227. The van der Waals surface area contributed by atoms with Crippen molar-refractivity contribution in [2.45, 2.75) is 26.8 Å². The summed E-state index contributed by atoms with van der Waals surface area (Å²) >= 11 is 0. The predicted octanol–water partition coefficient (Wildman–Crippen LogP) is 5.24. The molecule has 0 amide bonds. The largest absolute Gasteiger partial charge is 0.337 e. The zero-order valence-corrected chi connectivity index (χ0v) is 16.5. The third-order valence-corrected chi connectivity index (χ3v) is 5.34. The molecule has 5 heteroatoms. The van der Waals surface area contributed by atoms with E-state index in [2.05, 4.69) is 21.5 Å². The number of H-pyrrole nitrogens is 1.